The molecular weight excluding hydrogens is 280 g/mol. The van der Waals surface area contributed by atoms with Gasteiger partial charge in [0.1, 0.15) is 0 Å². The fraction of sp³-hybridized carbons (Fsp3) is 1.00. The molecule has 0 heterocycles. The van der Waals surface area contributed by atoms with E-state index in [1.54, 1.807) is 12.8 Å². The molecule has 0 radical (unpaired) electrons. The summed E-state index contributed by atoms with van der Waals surface area (Å²) in [6.07, 6.45) is 20.8. The first-order valence-electron chi connectivity index (χ1n) is 10.9. The van der Waals surface area contributed by atoms with Crippen LogP contribution in [0.25, 0.3) is 0 Å². The number of hydrogen-bond donors (Lipinski definition) is 0. The third-order valence-corrected chi connectivity index (χ3v) is 6.72. The van der Waals surface area contributed by atoms with E-state index in [-0.39, 0.29) is 0 Å². The molecule has 0 bridgehead atoms. The van der Waals surface area contributed by atoms with Crippen molar-refractivity contribution < 1.29 is 4.74 Å². The van der Waals surface area contributed by atoms with Gasteiger partial charge >= 0.3 is 0 Å². The van der Waals surface area contributed by atoms with Crippen molar-refractivity contribution in [3.8, 4) is 0 Å². The van der Waals surface area contributed by atoms with Gasteiger partial charge in [-0.15, -0.1) is 0 Å². The summed E-state index contributed by atoms with van der Waals surface area (Å²) < 4.78 is 5.63. The zero-order chi connectivity index (χ0) is 16.3. The Morgan fingerprint density at radius 1 is 0.652 bits per heavy atom. The van der Waals surface area contributed by atoms with E-state index in [9.17, 15) is 0 Å². The SMILES string of the molecule is CCCCCCC[C@H]1CC[C@H]([C@H]2CC[C@H](COCC)CC2)CC1. The van der Waals surface area contributed by atoms with Gasteiger partial charge in [-0.3, -0.25) is 0 Å². The van der Waals surface area contributed by atoms with Crippen LogP contribution in [0, 0.1) is 23.7 Å². The average Bonchev–Trinajstić information content (AvgIpc) is 2.61. The van der Waals surface area contributed by atoms with Crippen LogP contribution in [0.3, 0.4) is 0 Å². The Morgan fingerprint density at radius 3 is 1.78 bits per heavy atom. The van der Waals surface area contributed by atoms with Crippen LogP contribution in [-0.4, -0.2) is 13.2 Å². The second-order valence-corrected chi connectivity index (χ2v) is 8.42. The van der Waals surface area contributed by atoms with Crippen molar-refractivity contribution >= 4 is 0 Å². The standard InChI is InChI=1S/C22H42O/c1-3-5-6-7-8-9-19-10-14-21(15-11-19)22-16-12-20(13-17-22)18-23-4-2/h19-22H,3-18H2,1-2H3/t19-,20-,21-,22-. The summed E-state index contributed by atoms with van der Waals surface area (Å²) in [5.41, 5.74) is 0. The van der Waals surface area contributed by atoms with Gasteiger partial charge in [0, 0.05) is 13.2 Å². The monoisotopic (exact) mass is 322 g/mol. The summed E-state index contributed by atoms with van der Waals surface area (Å²) in [7, 11) is 0. The predicted octanol–water partition coefficient (Wildman–Crippen LogP) is 7.00. The van der Waals surface area contributed by atoms with E-state index in [0.717, 1.165) is 36.9 Å². The first-order chi connectivity index (χ1) is 11.3. The molecule has 0 aromatic heterocycles. The molecule has 2 saturated carbocycles. The molecule has 136 valence electrons. The minimum atomic E-state index is 0.866. The van der Waals surface area contributed by atoms with Gasteiger partial charge in [0.2, 0.25) is 0 Å². The molecule has 0 unspecified atom stereocenters. The van der Waals surface area contributed by atoms with Gasteiger partial charge in [-0.2, -0.15) is 0 Å². The van der Waals surface area contributed by atoms with Crippen molar-refractivity contribution in [3.63, 3.8) is 0 Å². The highest BCUT2D eigenvalue weighted by molar-refractivity contribution is 4.82. The second kappa shape index (κ2) is 11.5. The maximum Gasteiger partial charge on any atom is 0.0494 e. The summed E-state index contributed by atoms with van der Waals surface area (Å²) in [5.74, 6) is 4.06. The van der Waals surface area contributed by atoms with E-state index < -0.39 is 0 Å². The minimum absolute atomic E-state index is 0.866. The van der Waals surface area contributed by atoms with Crippen molar-refractivity contribution in [1.29, 1.82) is 0 Å². The smallest absolute Gasteiger partial charge is 0.0494 e. The number of ether oxygens (including phenoxy) is 1. The van der Waals surface area contributed by atoms with Gasteiger partial charge in [-0.1, -0.05) is 58.3 Å². The van der Waals surface area contributed by atoms with Crippen LogP contribution in [0.1, 0.15) is 104 Å². The van der Waals surface area contributed by atoms with Gasteiger partial charge in [-0.05, 0) is 69.1 Å². The maximum atomic E-state index is 5.63. The molecule has 2 fully saturated rings. The van der Waals surface area contributed by atoms with E-state index in [4.69, 9.17) is 4.74 Å². The Kier molecular flexibility index (Phi) is 9.65. The summed E-state index contributed by atoms with van der Waals surface area (Å²) in [6.45, 7) is 6.34. The van der Waals surface area contributed by atoms with Crippen LogP contribution >= 0.6 is 0 Å². The molecule has 0 atom stereocenters. The highest BCUT2D eigenvalue weighted by Crippen LogP contribution is 2.42. The topological polar surface area (TPSA) is 9.23 Å². The van der Waals surface area contributed by atoms with Crippen LogP contribution in [0.2, 0.25) is 0 Å². The molecule has 0 aromatic carbocycles. The molecule has 0 saturated heterocycles. The zero-order valence-electron chi connectivity index (χ0n) is 16.0. The van der Waals surface area contributed by atoms with Crippen LogP contribution in [0.15, 0.2) is 0 Å². The van der Waals surface area contributed by atoms with Crippen molar-refractivity contribution in [1.82, 2.24) is 0 Å². The lowest BCUT2D eigenvalue weighted by Crippen LogP contribution is -2.27. The molecule has 0 amide bonds. The molecule has 1 nitrogen and oxygen atoms in total. The summed E-state index contributed by atoms with van der Waals surface area (Å²) in [6, 6.07) is 0. The van der Waals surface area contributed by atoms with E-state index in [1.807, 2.05) is 0 Å². The quantitative estimate of drug-likeness (QED) is 0.393. The first kappa shape index (κ1) is 19.3. The molecule has 0 aromatic rings. The summed E-state index contributed by atoms with van der Waals surface area (Å²) in [5, 5.41) is 0. The van der Waals surface area contributed by atoms with E-state index in [0.29, 0.717) is 0 Å². The summed E-state index contributed by atoms with van der Waals surface area (Å²) in [4.78, 5) is 0. The van der Waals surface area contributed by atoms with Crippen molar-refractivity contribution in [2.45, 2.75) is 104 Å². The van der Waals surface area contributed by atoms with Gasteiger partial charge in [-0.25, -0.2) is 0 Å². The number of hydrogen-bond acceptors (Lipinski definition) is 1. The Balaban J connectivity index is 1.54. The fourth-order valence-electron chi connectivity index (χ4n) is 5.10. The Hall–Kier alpha value is -0.0400. The number of unbranched alkanes of at least 4 members (excludes halogenated alkanes) is 4. The molecule has 23 heavy (non-hydrogen) atoms. The van der Waals surface area contributed by atoms with Gasteiger partial charge in [0.15, 0.2) is 0 Å². The molecule has 2 rings (SSSR count). The Morgan fingerprint density at radius 2 is 1.22 bits per heavy atom. The van der Waals surface area contributed by atoms with Gasteiger partial charge in [0.05, 0.1) is 0 Å². The largest absolute Gasteiger partial charge is 0.381 e. The lowest BCUT2D eigenvalue weighted by molar-refractivity contribution is 0.0710. The van der Waals surface area contributed by atoms with Gasteiger partial charge < -0.3 is 4.74 Å². The minimum Gasteiger partial charge on any atom is -0.381 e. The fourth-order valence-corrected chi connectivity index (χ4v) is 5.10. The lowest BCUT2D eigenvalue weighted by atomic mass is 9.69. The highest BCUT2D eigenvalue weighted by Gasteiger charge is 2.30. The average molecular weight is 323 g/mol. The van der Waals surface area contributed by atoms with Crippen LogP contribution in [0.5, 0.6) is 0 Å². The van der Waals surface area contributed by atoms with Crippen LogP contribution in [0.4, 0.5) is 0 Å². The second-order valence-electron chi connectivity index (χ2n) is 8.42. The van der Waals surface area contributed by atoms with E-state index in [1.165, 1.54) is 77.0 Å². The van der Waals surface area contributed by atoms with Crippen molar-refractivity contribution in [2.75, 3.05) is 13.2 Å². The molecular formula is C22H42O. The third-order valence-electron chi connectivity index (χ3n) is 6.72. The van der Waals surface area contributed by atoms with E-state index >= 15 is 0 Å². The molecule has 2 aliphatic rings. The Bertz CT molecular complexity index is 272. The summed E-state index contributed by atoms with van der Waals surface area (Å²) >= 11 is 0. The normalized spacial score (nSPS) is 32.1. The molecule has 0 aliphatic heterocycles. The molecule has 0 N–H and O–H groups in total. The predicted molar refractivity (Wildman–Crippen MR) is 101 cm³/mol. The Labute approximate surface area is 146 Å². The van der Waals surface area contributed by atoms with Crippen LogP contribution < -0.4 is 0 Å². The molecule has 2 aliphatic carbocycles. The molecule has 0 spiro atoms. The van der Waals surface area contributed by atoms with Crippen LogP contribution in [-0.2, 0) is 4.74 Å². The molecule has 1 heteroatoms. The highest BCUT2D eigenvalue weighted by atomic mass is 16.5. The lowest BCUT2D eigenvalue weighted by Gasteiger charge is -2.38. The number of rotatable bonds is 10. The maximum absolute atomic E-state index is 5.63. The first-order valence-corrected chi connectivity index (χ1v) is 10.9. The van der Waals surface area contributed by atoms with Gasteiger partial charge in [0.25, 0.3) is 0 Å². The van der Waals surface area contributed by atoms with Crippen molar-refractivity contribution in [3.05, 3.63) is 0 Å². The van der Waals surface area contributed by atoms with E-state index in [2.05, 4.69) is 13.8 Å². The van der Waals surface area contributed by atoms with Crippen molar-refractivity contribution in [2.24, 2.45) is 23.7 Å². The third kappa shape index (κ3) is 7.16. The zero-order valence-corrected chi connectivity index (χ0v) is 16.0.